The molecule has 1 fully saturated rings. The zero-order chi connectivity index (χ0) is 19.1. The molecule has 138 valence electrons. The lowest BCUT2D eigenvalue weighted by atomic mass is 9.93. The van der Waals surface area contributed by atoms with Gasteiger partial charge >= 0.3 is 0 Å². The Kier molecular flexibility index (Phi) is 4.02. The Morgan fingerprint density at radius 2 is 1.81 bits per heavy atom. The first-order valence-corrected chi connectivity index (χ1v) is 8.16. The molecule has 2 atom stereocenters. The van der Waals surface area contributed by atoms with Gasteiger partial charge in [-0.05, 0) is 24.3 Å². The molecule has 8 heteroatoms. The predicted molar refractivity (Wildman–Crippen MR) is 93.3 cm³/mol. The fourth-order valence-electron chi connectivity index (χ4n) is 3.36. The summed E-state index contributed by atoms with van der Waals surface area (Å²) in [5.41, 5.74) is 0.608. The Balaban J connectivity index is 1.76. The molecule has 0 radical (unpaired) electrons. The molecule has 2 aliphatic rings. The van der Waals surface area contributed by atoms with Crippen molar-refractivity contribution in [2.24, 2.45) is 11.1 Å². The van der Waals surface area contributed by atoms with Crippen LogP contribution in [-0.4, -0.2) is 37.8 Å². The highest BCUT2D eigenvalue weighted by Gasteiger charge is 2.57. The quantitative estimate of drug-likeness (QED) is 0.771. The van der Waals surface area contributed by atoms with Crippen LogP contribution in [0.3, 0.4) is 0 Å². The van der Waals surface area contributed by atoms with E-state index >= 15 is 0 Å². The van der Waals surface area contributed by atoms with Gasteiger partial charge in [-0.25, -0.2) is 9.29 Å². The van der Waals surface area contributed by atoms with Crippen molar-refractivity contribution in [2.45, 2.75) is 6.10 Å². The van der Waals surface area contributed by atoms with Crippen molar-refractivity contribution >= 4 is 23.2 Å². The van der Waals surface area contributed by atoms with Crippen molar-refractivity contribution in [2.75, 3.05) is 19.1 Å². The summed E-state index contributed by atoms with van der Waals surface area (Å²) in [6, 6.07) is 10.7. The van der Waals surface area contributed by atoms with E-state index in [2.05, 4.69) is 5.16 Å². The molecule has 4 rings (SSSR count). The van der Waals surface area contributed by atoms with E-state index in [-0.39, 0.29) is 11.4 Å². The minimum absolute atomic E-state index is 0.109. The highest BCUT2D eigenvalue weighted by Crippen LogP contribution is 2.40. The minimum atomic E-state index is -1.14. The maximum absolute atomic E-state index is 14.1. The van der Waals surface area contributed by atoms with E-state index in [9.17, 15) is 14.0 Å². The van der Waals surface area contributed by atoms with Gasteiger partial charge in [-0.1, -0.05) is 23.4 Å². The standard InChI is InChI=1S/C19H15FN2O5/c1-25-13-9-5-6-10(16(13)26-2)15-14-17(27-21-15)19(24)22(18(14)23)12-8-4-3-7-11(12)20/h3-9,14,17H,1-2H3. The number of rotatable bonds is 4. The van der Waals surface area contributed by atoms with Crippen molar-refractivity contribution in [1.82, 2.24) is 0 Å². The first-order valence-electron chi connectivity index (χ1n) is 8.16. The van der Waals surface area contributed by atoms with Crippen molar-refractivity contribution in [1.29, 1.82) is 0 Å². The lowest BCUT2D eigenvalue weighted by Crippen LogP contribution is -2.33. The second-order valence-electron chi connectivity index (χ2n) is 5.98. The van der Waals surface area contributed by atoms with Crippen LogP contribution in [0, 0.1) is 11.7 Å². The number of imide groups is 1. The van der Waals surface area contributed by atoms with Crippen LogP contribution in [0.1, 0.15) is 5.56 Å². The summed E-state index contributed by atoms with van der Waals surface area (Å²) in [5, 5.41) is 3.94. The van der Waals surface area contributed by atoms with Gasteiger partial charge in [0.15, 0.2) is 11.5 Å². The number of nitrogens with zero attached hydrogens (tertiary/aromatic N) is 2. The van der Waals surface area contributed by atoms with Gasteiger partial charge in [0.05, 0.1) is 19.9 Å². The molecule has 0 aliphatic carbocycles. The molecule has 2 unspecified atom stereocenters. The zero-order valence-corrected chi connectivity index (χ0v) is 14.5. The first-order chi connectivity index (χ1) is 13.1. The number of fused-ring (bicyclic) bond motifs is 1. The molecule has 1 saturated heterocycles. The number of carbonyl (C=O) groups is 2. The van der Waals surface area contributed by atoms with Gasteiger partial charge in [0.1, 0.15) is 17.4 Å². The van der Waals surface area contributed by atoms with Gasteiger partial charge in [-0.15, -0.1) is 0 Å². The third-order valence-electron chi connectivity index (χ3n) is 4.58. The predicted octanol–water partition coefficient (Wildman–Crippen LogP) is 2.14. The van der Waals surface area contributed by atoms with Gasteiger partial charge in [0.2, 0.25) is 12.0 Å². The molecule has 2 heterocycles. The van der Waals surface area contributed by atoms with Crippen LogP contribution in [0.4, 0.5) is 10.1 Å². The van der Waals surface area contributed by atoms with Gasteiger partial charge in [-0.3, -0.25) is 9.59 Å². The molecule has 2 aromatic rings. The maximum Gasteiger partial charge on any atom is 0.279 e. The third kappa shape index (κ3) is 2.44. The summed E-state index contributed by atoms with van der Waals surface area (Å²) >= 11 is 0. The normalized spacial score (nSPS) is 21.0. The van der Waals surface area contributed by atoms with Crippen molar-refractivity contribution in [3.05, 3.63) is 53.8 Å². The Morgan fingerprint density at radius 1 is 1.04 bits per heavy atom. The number of halogens is 1. The molecule has 27 heavy (non-hydrogen) atoms. The topological polar surface area (TPSA) is 77.4 Å². The number of benzene rings is 2. The summed E-state index contributed by atoms with van der Waals surface area (Å²) in [4.78, 5) is 31.7. The van der Waals surface area contributed by atoms with E-state index in [1.807, 2.05) is 0 Å². The Morgan fingerprint density at radius 3 is 2.52 bits per heavy atom. The summed E-state index contributed by atoms with van der Waals surface area (Å²) in [6.07, 6.45) is -1.14. The van der Waals surface area contributed by atoms with Crippen molar-refractivity contribution in [3.8, 4) is 11.5 Å². The second kappa shape index (κ2) is 6.39. The van der Waals surface area contributed by atoms with Gasteiger partial charge < -0.3 is 14.3 Å². The van der Waals surface area contributed by atoms with Crippen LogP contribution >= 0.6 is 0 Å². The zero-order valence-electron chi connectivity index (χ0n) is 14.5. The van der Waals surface area contributed by atoms with E-state index in [1.165, 1.54) is 32.4 Å². The number of methoxy groups -OCH3 is 2. The molecular weight excluding hydrogens is 355 g/mol. The van der Waals surface area contributed by atoms with Crippen LogP contribution in [0.2, 0.25) is 0 Å². The van der Waals surface area contributed by atoms with Crippen LogP contribution in [-0.2, 0) is 14.4 Å². The molecule has 2 aliphatic heterocycles. The van der Waals surface area contributed by atoms with E-state index < -0.39 is 29.7 Å². The molecule has 2 aromatic carbocycles. The maximum atomic E-state index is 14.1. The molecular formula is C19H15FN2O5. The molecule has 2 amide bonds. The van der Waals surface area contributed by atoms with E-state index in [1.54, 1.807) is 24.3 Å². The van der Waals surface area contributed by atoms with Gasteiger partial charge in [-0.2, -0.15) is 0 Å². The van der Waals surface area contributed by atoms with Gasteiger partial charge in [0.25, 0.3) is 5.91 Å². The summed E-state index contributed by atoms with van der Waals surface area (Å²) < 4.78 is 24.8. The van der Waals surface area contributed by atoms with Crippen molar-refractivity contribution < 1.29 is 28.3 Å². The fraction of sp³-hybridized carbons (Fsp3) is 0.211. The lowest BCUT2D eigenvalue weighted by molar-refractivity contribution is -0.126. The number of ether oxygens (including phenoxy) is 2. The highest BCUT2D eigenvalue weighted by atomic mass is 19.1. The van der Waals surface area contributed by atoms with Gasteiger partial charge in [0, 0.05) is 5.56 Å². The smallest absolute Gasteiger partial charge is 0.279 e. The Hall–Kier alpha value is -3.42. The molecule has 0 spiro atoms. The number of amides is 2. The lowest BCUT2D eigenvalue weighted by Gasteiger charge is -2.17. The molecule has 0 saturated carbocycles. The number of hydrogen-bond acceptors (Lipinski definition) is 6. The minimum Gasteiger partial charge on any atom is -0.493 e. The summed E-state index contributed by atoms with van der Waals surface area (Å²) in [7, 11) is 2.95. The van der Waals surface area contributed by atoms with Crippen LogP contribution in [0.25, 0.3) is 0 Å². The van der Waals surface area contributed by atoms with Crippen LogP contribution in [0.15, 0.2) is 47.6 Å². The number of hydrogen-bond donors (Lipinski definition) is 0. The Bertz CT molecular complexity index is 974. The summed E-state index contributed by atoms with van der Waals surface area (Å²) in [5.74, 6) is -2.10. The second-order valence-corrected chi connectivity index (χ2v) is 5.98. The largest absolute Gasteiger partial charge is 0.493 e. The van der Waals surface area contributed by atoms with Crippen LogP contribution < -0.4 is 14.4 Å². The average molecular weight is 370 g/mol. The summed E-state index contributed by atoms with van der Waals surface area (Å²) in [6.45, 7) is 0. The average Bonchev–Trinajstić information content (AvgIpc) is 3.22. The molecule has 7 nitrogen and oxygen atoms in total. The van der Waals surface area contributed by atoms with E-state index in [4.69, 9.17) is 14.3 Å². The number of anilines is 1. The van der Waals surface area contributed by atoms with Crippen LogP contribution in [0.5, 0.6) is 11.5 Å². The SMILES string of the molecule is COc1cccc(C2=NOC3C(=O)N(c4ccccc4F)C(=O)C23)c1OC. The third-order valence-corrected chi connectivity index (χ3v) is 4.58. The molecule has 0 N–H and O–H groups in total. The number of oxime groups is 1. The van der Waals surface area contributed by atoms with E-state index in [0.29, 0.717) is 17.1 Å². The highest BCUT2D eigenvalue weighted by molar-refractivity contribution is 6.32. The van der Waals surface area contributed by atoms with E-state index in [0.717, 1.165) is 4.90 Å². The number of para-hydroxylation sites is 2. The first kappa shape index (κ1) is 17.0. The monoisotopic (exact) mass is 370 g/mol. The molecule has 0 bridgehead atoms. The molecule has 0 aromatic heterocycles. The van der Waals surface area contributed by atoms with Crippen molar-refractivity contribution in [3.63, 3.8) is 0 Å². The fourth-order valence-corrected chi connectivity index (χ4v) is 3.36. The number of carbonyl (C=O) groups excluding carboxylic acids is 2. The Labute approximate surface area is 153 Å².